The summed E-state index contributed by atoms with van der Waals surface area (Å²) in [6.07, 6.45) is 4.61. The minimum Gasteiger partial charge on any atom is -0.325 e. The van der Waals surface area contributed by atoms with Gasteiger partial charge in [-0.15, -0.1) is 0 Å². The van der Waals surface area contributed by atoms with Crippen LogP contribution in [0.5, 0.6) is 0 Å². The highest BCUT2D eigenvalue weighted by molar-refractivity contribution is 5.59. The molecule has 1 aliphatic heterocycles. The highest BCUT2D eigenvalue weighted by atomic mass is 15.2. The lowest BCUT2D eigenvalue weighted by Gasteiger charge is -2.19. The quantitative estimate of drug-likeness (QED) is 0.373. The first-order valence-corrected chi connectivity index (χ1v) is 11.9. The van der Waals surface area contributed by atoms with Gasteiger partial charge in [-0.05, 0) is 68.4 Å². The molecule has 3 aromatic heterocycles. The zero-order chi connectivity index (χ0) is 23.9. The van der Waals surface area contributed by atoms with Crippen molar-refractivity contribution in [1.82, 2.24) is 35.1 Å². The summed E-state index contributed by atoms with van der Waals surface area (Å²) in [5, 5.41) is 9.97. The van der Waals surface area contributed by atoms with E-state index in [4.69, 9.17) is 0 Å². The molecule has 4 heterocycles. The van der Waals surface area contributed by atoms with Gasteiger partial charge in [-0.1, -0.05) is 18.2 Å². The van der Waals surface area contributed by atoms with E-state index in [2.05, 4.69) is 70.0 Å². The van der Waals surface area contributed by atoms with Crippen LogP contribution in [0.3, 0.4) is 0 Å². The van der Waals surface area contributed by atoms with Gasteiger partial charge in [0.25, 0.3) is 0 Å². The third kappa shape index (κ3) is 6.34. The van der Waals surface area contributed by atoms with Gasteiger partial charge >= 0.3 is 0 Å². The second-order valence-corrected chi connectivity index (χ2v) is 8.52. The monoisotopic (exact) mass is 467 g/mol. The molecule has 35 heavy (non-hydrogen) atoms. The first kappa shape index (κ1) is 22.8. The number of nitrogens with one attached hydrogen (secondary N) is 3. The molecule has 0 unspecified atom stereocenters. The van der Waals surface area contributed by atoms with Gasteiger partial charge in [0.15, 0.2) is 5.82 Å². The number of hydrogen-bond acceptors (Lipinski definition) is 9. The molecule has 1 aliphatic rings. The molecule has 0 saturated carbocycles. The van der Waals surface area contributed by atoms with Crippen molar-refractivity contribution in [2.75, 3.05) is 36.8 Å². The van der Waals surface area contributed by atoms with Gasteiger partial charge in [-0.25, -0.2) is 19.9 Å². The predicted octanol–water partition coefficient (Wildman–Crippen LogP) is 3.92. The lowest BCUT2D eigenvalue weighted by Crippen LogP contribution is -2.27. The number of hydrogen-bond donors (Lipinski definition) is 3. The second kappa shape index (κ2) is 11.0. The maximum absolute atomic E-state index is 4.58. The maximum atomic E-state index is 4.58. The van der Waals surface area contributed by atoms with Crippen molar-refractivity contribution in [3.05, 3.63) is 78.2 Å². The van der Waals surface area contributed by atoms with Crippen LogP contribution in [0.25, 0.3) is 11.5 Å². The molecule has 1 fully saturated rings. The lowest BCUT2D eigenvalue weighted by molar-refractivity contribution is 0.284. The molecule has 0 amide bonds. The highest BCUT2D eigenvalue weighted by Gasteiger charge is 2.10. The highest BCUT2D eigenvalue weighted by Crippen LogP contribution is 2.19. The minimum absolute atomic E-state index is 0.510. The smallest absolute Gasteiger partial charge is 0.229 e. The van der Waals surface area contributed by atoms with Crippen molar-refractivity contribution < 1.29 is 0 Å². The Hall–Kier alpha value is -3.95. The summed E-state index contributed by atoms with van der Waals surface area (Å²) >= 11 is 0. The largest absolute Gasteiger partial charge is 0.325 e. The van der Waals surface area contributed by atoms with Gasteiger partial charge in [0.2, 0.25) is 5.95 Å². The summed E-state index contributed by atoms with van der Waals surface area (Å²) < 4.78 is 0. The molecule has 9 nitrogen and oxygen atoms in total. The van der Waals surface area contributed by atoms with E-state index in [1.54, 1.807) is 24.5 Å². The summed E-state index contributed by atoms with van der Waals surface area (Å²) in [5.41, 5.74) is 3.90. The minimum atomic E-state index is 0.510. The maximum Gasteiger partial charge on any atom is 0.229 e. The number of aromatic nitrogens is 5. The molecule has 0 atom stereocenters. The molecule has 1 aromatic carbocycles. The van der Waals surface area contributed by atoms with E-state index in [1.807, 2.05) is 25.1 Å². The fraction of sp³-hybridized carbons (Fsp3) is 0.269. The standard InChI is InChI=1S/C26H29N9/c1-19-4-2-5-22(30-19)25-28-13-10-23(33-25)32-24-11-14-29-26(34-24)31-21-8-6-20(7-9-21)18-35-16-3-12-27-15-17-35/h2,4-11,13-14,27H,3,12,15-18H2,1H3,(H2,28,29,31,32,33,34). The zero-order valence-electron chi connectivity index (χ0n) is 19.8. The Bertz CT molecular complexity index is 1250. The average Bonchev–Trinajstić information content (AvgIpc) is 3.14. The molecule has 0 aliphatic carbocycles. The first-order chi connectivity index (χ1) is 17.2. The number of rotatable bonds is 7. The molecule has 4 aromatic rings. The van der Waals surface area contributed by atoms with Crippen LogP contribution in [-0.2, 0) is 6.54 Å². The fourth-order valence-corrected chi connectivity index (χ4v) is 3.98. The third-order valence-electron chi connectivity index (χ3n) is 5.73. The molecular formula is C26H29N9. The van der Waals surface area contributed by atoms with Gasteiger partial charge in [-0.2, -0.15) is 4.98 Å². The Morgan fingerprint density at radius 3 is 2.51 bits per heavy atom. The number of benzene rings is 1. The Morgan fingerprint density at radius 1 is 0.829 bits per heavy atom. The van der Waals surface area contributed by atoms with Crippen molar-refractivity contribution in [3.8, 4) is 11.5 Å². The molecule has 5 rings (SSSR count). The number of nitrogens with zero attached hydrogens (tertiary/aromatic N) is 6. The van der Waals surface area contributed by atoms with Gasteiger partial charge in [0.1, 0.15) is 17.3 Å². The van der Waals surface area contributed by atoms with Crippen molar-refractivity contribution in [1.29, 1.82) is 0 Å². The summed E-state index contributed by atoms with van der Waals surface area (Å²) in [5.74, 6) is 2.34. The second-order valence-electron chi connectivity index (χ2n) is 8.52. The Morgan fingerprint density at radius 2 is 1.66 bits per heavy atom. The SMILES string of the molecule is Cc1cccc(-c2nccc(Nc3ccnc(Nc4ccc(CN5CCCNCC5)cc4)n3)n2)n1. The van der Waals surface area contributed by atoms with E-state index in [-0.39, 0.29) is 0 Å². The Kier molecular flexibility index (Phi) is 7.16. The van der Waals surface area contributed by atoms with E-state index in [0.29, 0.717) is 23.4 Å². The van der Waals surface area contributed by atoms with Crippen LogP contribution in [0, 0.1) is 6.92 Å². The summed E-state index contributed by atoms with van der Waals surface area (Å²) in [6.45, 7) is 7.30. The van der Waals surface area contributed by atoms with Crippen LogP contribution >= 0.6 is 0 Å². The molecule has 0 bridgehead atoms. The van der Waals surface area contributed by atoms with Crippen molar-refractivity contribution in [2.24, 2.45) is 0 Å². The molecule has 178 valence electrons. The molecule has 1 saturated heterocycles. The van der Waals surface area contributed by atoms with Crippen molar-refractivity contribution in [2.45, 2.75) is 19.9 Å². The lowest BCUT2D eigenvalue weighted by atomic mass is 10.2. The van der Waals surface area contributed by atoms with Crippen LogP contribution in [0.2, 0.25) is 0 Å². The Labute approximate surface area is 205 Å². The van der Waals surface area contributed by atoms with Gasteiger partial charge < -0.3 is 16.0 Å². The number of aryl methyl sites for hydroxylation is 1. The molecule has 3 N–H and O–H groups in total. The van der Waals surface area contributed by atoms with Crippen LogP contribution < -0.4 is 16.0 Å². The Balaban J connectivity index is 1.23. The van der Waals surface area contributed by atoms with E-state index in [1.165, 1.54) is 12.0 Å². The van der Waals surface area contributed by atoms with Crippen LogP contribution in [0.15, 0.2) is 67.0 Å². The van der Waals surface area contributed by atoms with Gasteiger partial charge in [0, 0.05) is 43.4 Å². The molecule has 0 radical (unpaired) electrons. The van der Waals surface area contributed by atoms with Gasteiger partial charge in [0.05, 0.1) is 0 Å². The van der Waals surface area contributed by atoms with E-state index >= 15 is 0 Å². The van der Waals surface area contributed by atoms with Crippen molar-refractivity contribution >= 4 is 23.3 Å². The van der Waals surface area contributed by atoms with E-state index in [9.17, 15) is 0 Å². The summed E-state index contributed by atoms with van der Waals surface area (Å²) in [7, 11) is 0. The average molecular weight is 468 g/mol. The normalized spacial score (nSPS) is 14.3. The van der Waals surface area contributed by atoms with Gasteiger partial charge in [-0.3, -0.25) is 4.90 Å². The summed E-state index contributed by atoms with van der Waals surface area (Å²) in [4.78, 5) is 24.9. The fourth-order valence-electron chi connectivity index (χ4n) is 3.98. The van der Waals surface area contributed by atoms with Crippen molar-refractivity contribution in [3.63, 3.8) is 0 Å². The molecule has 9 heteroatoms. The molecular weight excluding hydrogens is 438 g/mol. The first-order valence-electron chi connectivity index (χ1n) is 11.9. The topological polar surface area (TPSA) is 104 Å². The van der Waals surface area contributed by atoms with E-state index < -0.39 is 0 Å². The number of pyridine rings is 1. The summed E-state index contributed by atoms with van der Waals surface area (Å²) in [6, 6.07) is 17.8. The third-order valence-corrected chi connectivity index (χ3v) is 5.73. The van der Waals surface area contributed by atoms with Crippen LogP contribution in [0.4, 0.5) is 23.3 Å². The molecule has 0 spiro atoms. The van der Waals surface area contributed by atoms with Crippen LogP contribution in [0.1, 0.15) is 17.7 Å². The number of anilines is 4. The van der Waals surface area contributed by atoms with Crippen LogP contribution in [-0.4, -0.2) is 56.0 Å². The predicted molar refractivity (Wildman–Crippen MR) is 138 cm³/mol. The zero-order valence-corrected chi connectivity index (χ0v) is 19.8. The van der Waals surface area contributed by atoms with E-state index in [0.717, 1.165) is 49.8 Å².